The minimum atomic E-state index is -0.565. The van der Waals surface area contributed by atoms with E-state index in [0.717, 1.165) is 22.4 Å². The summed E-state index contributed by atoms with van der Waals surface area (Å²) in [6.45, 7) is 6.41. The van der Waals surface area contributed by atoms with Gasteiger partial charge in [-0.25, -0.2) is 9.59 Å². The summed E-state index contributed by atoms with van der Waals surface area (Å²) in [5.41, 5.74) is 0.768. The lowest BCUT2D eigenvalue weighted by atomic mass is 10.1. The van der Waals surface area contributed by atoms with Gasteiger partial charge in [0.1, 0.15) is 17.2 Å². The molecule has 0 unspecified atom stereocenters. The second kappa shape index (κ2) is 11.8. The van der Waals surface area contributed by atoms with E-state index >= 15 is 0 Å². The maximum Gasteiger partial charge on any atom is 0.336 e. The van der Waals surface area contributed by atoms with Crippen LogP contribution >= 0.6 is 0 Å². The number of carbonyl (C=O) groups excluding carboxylic acids is 3. The number of carbonyl (C=O) groups is 3. The third kappa shape index (κ3) is 7.20. The summed E-state index contributed by atoms with van der Waals surface area (Å²) in [6, 6.07) is 17.4. The molecule has 3 aromatic carbocycles. The second-order valence-corrected chi connectivity index (χ2v) is 6.88. The van der Waals surface area contributed by atoms with Crippen molar-refractivity contribution in [3.8, 4) is 17.2 Å². The first kappa shape index (κ1) is 24.0. The van der Waals surface area contributed by atoms with Crippen LogP contribution in [0.4, 0.5) is 0 Å². The molecule has 0 aliphatic carbocycles. The molecule has 0 saturated heterocycles. The molecule has 172 valence electrons. The summed E-state index contributed by atoms with van der Waals surface area (Å²) in [5.74, 6) is 0.162. The topological polar surface area (TPSA) is 88.1 Å². The molecule has 0 atom stereocenters. The van der Waals surface area contributed by atoms with Crippen molar-refractivity contribution in [1.82, 2.24) is 0 Å². The fourth-order valence-corrected chi connectivity index (χ4v) is 2.77. The van der Waals surface area contributed by atoms with E-state index in [2.05, 4.69) is 13.2 Å². The van der Waals surface area contributed by atoms with Crippen LogP contribution in [0.3, 0.4) is 0 Å². The van der Waals surface area contributed by atoms with E-state index in [-0.39, 0.29) is 19.2 Å². The van der Waals surface area contributed by atoms with Crippen molar-refractivity contribution in [2.24, 2.45) is 0 Å². The number of esters is 2. The summed E-state index contributed by atoms with van der Waals surface area (Å²) < 4.78 is 20.9. The lowest BCUT2D eigenvalue weighted by molar-refractivity contribution is -0.144. The molecule has 0 aliphatic rings. The van der Waals surface area contributed by atoms with Gasteiger partial charge in [0.05, 0.1) is 0 Å². The van der Waals surface area contributed by atoms with Crippen molar-refractivity contribution in [2.45, 2.75) is 0 Å². The van der Waals surface area contributed by atoms with Gasteiger partial charge < -0.3 is 18.9 Å². The van der Waals surface area contributed by atoms with E-state index in [1.165, 1.54) is 12.2 Å². The lowest BCUT2D eigenvalue weighted by Gasteiger charge is -2.08. The third-order valence-electron chi connectivity index (χ3n) is 4.50. The summed E-state index contributed by atoms with van der Waals surface area (Å²) in [5, 5.41) is 1.70. The SMILES string of the molecule is C=CC(=O)COc1ccc(/C=C/C(=O)Oc2ccc3cc(OCOC(=O)C=C)ccc3c2)cc1. The Balaban J connectivity index is 1.55. The van der Waals surface area contributed by atoms with Gasteiger partial charge in [0.15, 0.2) is 12.4 Å². The smallest absolute Gasteiger partial charge is 0.336 e. The molecule has 0 spiro atoms. The van der Waals surface area contributed by atoms with Crippen LogP contribution in [-0.2, 0) is 19.1 Å². The predicted molar refractivity (Wildman–Crippen MR) is 128 cm³/mol. The lowest BCUT2D eigenvalue weighted by Crippen LogP contribution is -2.07. The van der Waals surface area contributed by atoms with Crippen LogP contribution in [0.25, 0.3) is 16.8 Å². The Hall–Kier alpha value is -4.65. The number of fused-ring (bicyclic) bond motifs is 1. The molecular formula is C27H22O7. The van der Waals surface area contributed by atoms with Crippen molar-refractivity contribution in [3.63, 3.8) is 0 Å². The van der Waals surface area contributed by atoms with Gasteiger partial charge in [0.2, 0.25) is 6.79 Å². The van der Waals surface area contributed by atoms with Gasteiger partial charge in [0.25, 0.3) is 0 Å². The minimum Gasteiger partial charge on any atom is -0.485 e. The standard InChI is InChI=1S/C27H22O7/c1-3-22(28)17-31-23-10-5-19(6-11-23)7-14-27(30)34-25-13-9-20-15-24(12-8-21(20)16-25)32-18-33-26(29)4-2/h3-16H,1-2,17-18H2/b14-7+. The molecule has 0 saturated carbocycles. The first-order chi connectivity index (χ1) is 16.5. The predicted octanol–water partition coefficient (Wildman–Crippen LogP) is 4.66. The highest BCUT2D eigenvalue weighted by Crippen LogP contribution is 2.25. The molecule has 0 N–H and O–H groups in total. The first-order valence-electron chi connectivity index (χ1n) is 10.2. The Bertz CT molecular complexity index is 1240. The zero-order valence-corrected chi connectivity index (χ0v) is 18.3. The van der Waals surface area contributed by atoms with Crippen LogP contribution < -0.4 is 14.2 Å². The zero-order valence-electron chi connectivity index (χ0n) is 18.3. The van der Waals surface area contributed by atoms with Gasteiger partial charge >= 0.3 is 11.9 Å². The van der Waals surface area contributed by atoms with Crippen LogP contribution in [0.2, 0.25) is 0 Å². The molecule has 34 heavy (non-hydrogen) atoms. The Kier molecular flexibility index (Phi) is 8.35. The maximum atomic E-state index is 12.2. The molecule has 0 bridgehead atoms. The maximum absolute atomic E-state index is 12.2. The van der Waals surface area contributed by atoms with Crippen molar-refractivity contribution >= 4 is 34.6 Å². The molecule has 3 rings (SSSR count). The Morgan fingerprint density at radius 2 is 1.38 bits per heavy atom. The molecule has 0 aliphatic heterocycles. The number of rotatable bonds is 11. The fourth-order valence-electron chi connectivity index (χ4n) is 2.77. The molecule has 0 heterocycles. The van der Waals surface area contributed by atoms with Crippen LogP contribution in [0.5, 0.6) is 17.2 Å². The molecule has 7 heteroatoms. The number of ketones is 1. The van der Waals surface area contributed by atoms with Gasteiger partial charge in [-0.05, 0) is 64.9 Å². The van der Waals surface area contributed by atoms with E-state index < -0.39 is 11.9 Å². The summed E-state index contributed by atoms with van der Waals surface area (Å²) in [7, 11) is 0. The zero-order chi connectivity index (χ0) is 24.3. The van der Waals surface area contributed by atoms with Gasteiger partial charge in [-0.3, -0.25) is 4.79 Å². The van der Waals surface area contributed by atoms with Gasteiger partial charge in [0, 0.05) is 12.2 Å². The quantitative estimate of drug-likeness (QED) is 0.179. The monoisotopic (exact) mass is 458 g/mol. The average molecular weight is 458 g/mol. The fraction of sp³-hybridized carbons (Fsp3) is 0.0741. The summed E-state index contributed by atoms with van der Waals surface area (Å²) >= 11 is 0. The Labute approximate surface area is 196 Å². The minimum absolute atomic E-state index is 0.0732. The molecule has 0 fully saturated rings. The number of ether oxygens (including phenoxy) is 4. The number of hydrogen-bond donors (Lipinski definition) is 0. The number of benzene rings is 3. The van der Waals surface area contributed by atoms with Crippen LogP contribution in [0, 0.1) is 0 Å². The Morgan fingerprint density at radius 1 is 0.735 bits per heavy atom. The van der Waals surface area contributed by atoms with Gasteiger partial charge in [-0.15, -0.1) is 0 Å². The first-order valence-corrected chi connectivity index (χ1v) is 10.2. The average Bonchev–Trinajstić information content (AvgIpc) is 2.86. The second-order valence-electron chi connectivity index (χ2n) is 6.88. The van der Waals surface area contributed by atoms with E-state index in [1.54, 1.807) is 66.7 Å². The van der Waals surface area contributed by atoms with E-state index in [1.807, 2.05) is 0 Å². The molecule has 3 aromatic rings. The third-order valence-corrected chi connectivity index (χ3v) is 4.50. The van der Waals surface area contributed by atoms with E-state index in [9.17, 15) is 14.4 Å². The van der Waals surface area contributed by atoms with Crippen molar-refractivity contribution in [3.05, 3.63) is 97.6 Å². The molecule has 0 radical (unpaired) electrons. The number of hydrogen-bond acceptors (Lipinski definition) is 7. The van der Waals surface area contributed by atoms with Crippen molar-refractivity contribution in [1.29, 1.82) is 0 Å². The van der Waals surface area contributed by atoms with E-state index in [4.69, 9.17) is 18.9 Å². The molecular weight excluding hydrogens is 436 g/mol. The van der Waals surface area contributed by atoms with Crippen molar-refractivity contribution < 1.29 is 33.3 Å². The van der Waals surface area contributed by atoms with E-state index in [0.29, 0.717) is 17.2 Å². The van der Waals surface area contributed by atoms with Crippen LogP contribution in [-0.4, -0.2) is 31.1 Å². The normalized spacial score (nSPS) is 10.5. The van der Waals surface area contributed by atoms with Crippen LogP contribution in [0.15, 0.2) is 92.0 Å². The largest absolute Gasteiger partial charge is 0.485 e. The van der Waals surface area contributed by atoms with Gasteiger partial charge in [-0.1, -0.05) is 37.4 Å². The highest BCUT2D eigenvalue weighted by molar-refractivity contribution is 5.91. The molecule has 0 aromatic heterocycles. The highest BCUT2D eigenvalue weighted by atomic mass is 16.7. The van der Waals surface area contributed by atoms with Gasteiger partial charge in [-0.2, -0.15) is 0 Å². The highest BCUT2D eigenvalue weighted by Gasteiger charge is 2.05. The molecule has 0 amide bonds. The molecule has 7 nitrogen and oxygen atoms in total. The van der Waals surface area contributed by atoms with Crippen molar-refractivity contribution in [2.75, 3.05) is 13.4 Å². The van der Waals surface area contributed by atoms with Crippen LogP contribution in [0.1, 0.15) is 5.56 Å². The summed E-state index contributed by atoms with van der Waals surface area (Å²) in [6.07, 6.45) is 5.20. The Morgan fingerprint density at radius 3 is 2.06 bits per heavy atom. The summed E-state index contributed by atoms with van der Waals surface area (Å²) in [4.78, 5) is 34.5.